The number of carbonyl (C=O) groups is 1. The van der Waals surface area contributed by atoms with Gasteiger partial charge in [-0.1, -0.05) is 36.4 Å². The van der Waals surface area contributed by atoms with Crippen molar-refractivity contribution in [1.29, 1.82) is 0 Å². The normalized spacial score (nSPS) is 10.3. The monoisotopic (exact) mass is 434 g/mol. The molecule has 168 valence electrons. The van der Waals surface area contributed by atoms with Crippen molar-refractivity contribution in [2.45, 2.75) is 19.5 Å². The minimum Gasteiger partial charge on any atom is -0.497 e. The van der Waals surface area contributed by atoms with Crippen LogP contribution in [0.15, 0.2) is 72.8 Å². The maximum absolute atomic E-state index is 13.0. The van der Waals surface area contributed by atoms with Crippen LogP contribution in [-0.4, -0.2) is 38.8 Å². The van der Waals surface area contributed by atoms with Gasteiger partial charge in [-0.05, 0) is 59.5 Å². The van der Waals surface area contributed by atoms with Gasteiger partial charge in [-0.15, -0.1) is 0 Å². The van der Waals surface area contributed by atoms with Crippen molar-refractivity contribution < 1.29 is 19.0 Å². The van der Waals surface area contributed by atoms with E-state index in [0.717, 1.165) is 40.4 Å². The SMILES string of the molecule is COc1ccc(CCNC(=O)N(Cc2ccc(OC)cc2)Cc2ccc(OC)cc2)cc1. The lowest BCUT2D eigenvalue weighted by molar-refractivity contribution is 0.192. The molecule has 0 bridgehead atoms. The van der Waals surface area contributed by atoms with Gasteiger partial charge >= 0.3 is 6.03 Å². The molecule has 0 aliphatic rings. The van der Waals surface area contributed by atoms with Crippen LogP contribution in [0.25, 0.3) is 0 Å². The second-order valence-electron chi connectivity index (χ2n) is 7.38. The molecule has 0 aliphatic carbocycles. The van der Waals surface area contributed by atoms with Gasteiger partial charge in [0.05, 0.1) is 21.3 Å². The molecule has 0 aliphatic heterocycles. The first-order valence-electron chi connectivity index (χ1n) is 10.5. The number of rotatable bonds is 10. The van der Waals surface area contributed by atoms with E-state index in [1.807, 2.05) is 72.8 Å². The summed E-state index contributed by atoms with van der Waals surface area (Å²) in [6.07, 6.45) is 0.745. The number of ether oxygens (including phenoxy) is 3. The molecule has 3 aromatic rings. The van der Waals surface area contributed by atoms with Crippen LogP contribution in [0.1, 0.15) is 16.7 Å². The maximum atomic E-state index is 13.0. The highest BCUT2D eigenvalue weighted by atomic mass is 16.5. The zero-order valence-corrected chi connectivity index (χ0v) is 18.8. The Labute approximate surface area is 189 Å². The molecule has 3 aromatic carbocycles. The fourth-order valence-electron chi connectivity index (χ4n) is 3.32. The van der Waals surface area contributed by atoms with Crippen molar-refractivity contribution in [3.63, 3.8) is 0 Å². The van der Waals surface area contributed by atoms with Crippen LogP contribution < -0.4 is 19.5 Å². The highest BCUT2D eigenvalue weighted by Crippen LogP contribution is 2.17. The topological polar surface area (TPSA) is 60.0 Å². The van der Waals surface area contributed by atoms with Crippen LogP contribution >= 0.6 is 0 Å². The van der Waals surface area contributed by atoms with E-state index in [1.165, 1.54) is 0 Å². The maximum Gasteiger partial charge on any atom is 0.318 e. The second-order valence-corrected chi connectivity index (χ2v) is 7.38. The summed E-state index contributed by atoms with van der Waals surface area (Å²) in [5.74, 6) is 2.40. The average molecular weight is 435 g/mol. The zero-order chi connectivity index (χ0) is 22.8. The van der Waals surface area contributed by atoms with E-state index in [1.54, 1.807) is 26.2 Å². The number of methoxy groups -OCH3 is 3. The van der Waals surface area contributed by atoms with E-state index in [2.05, 4.69) is 5.32 Å². The number of amides is 2. The number of hydrogen-bond acceptors (Lipinski definition) is 4. The van der Waals surface area contributed by atoms with Crippen molar-refractivity contribution in [3.8, 4) is 17.2 Å². The highest BCUT2D eigenvalue weighted by Gasteiger charge is 2.15. The van der Waals surface area contributed by atoms with Gasteiger partial charge in [0.25, 0.3) is 0 Å². The van der Waals surface area contributed by atoms with E-state index in [-0.39, 0.29) is 6.03 Å². The van der Waals surface area contributed by atoms with Crippen molar-refractivity contribution >= 4 is 6.03 Å². The van der Waals surface area contributed by atoms with Gasteiger partial charge in [0.2, 0.25) is 0 Å². The van der Waals surface area contributed by atoms with E-state index in [4.69, 9.17) is 14.2 Å². The fraction of sp³-hybridized carbons (Fsp3) is 0.269. The number of nitrogens with zero attached hydrogens (tertiary/aromatic N) is 1. The molecule has 2 amide bonds. The molecule has 0 atom stereocenters. The van der Waals surface area contributed by atoms with E-state index < -0.39 is 0 Å². The van der Waals surface area contributed by atoms with Crippen LogP contribution in [0.3, 0.4) is 0 Å². The lowest BCUT2D eigenvalue weighted by Gasteiger charge is -2.24. The predicted octanol–water partition coefficient (Wildman–Crippen LogP) is 4.67. The molecular weight excluding hydrogens is 404 g/mol. The van der Waals surface area contributed by atoms with E-state index in [0.29, 0.717) is 19.6 Å². The van der Waals surface area contributed by atoms with Gasteiger partial charge in [-0.25, -0.2) is 4.79 Å². The quantitative estimate of drug-likeness (QED) is 0.504. The molecule has 0 unspecified atom stereocenters. The number of carbonyl (C=O) groups excluding carboxylic acids is 1. The Morgan fingerprint density at radius 2 is 1.03 bits per heavy atom. The summed E-state index contributed by atoms with van der Waals surface area (Å²) in [6.45, 7) is 1.53. The molecule has 0 spiro atoms. The fourth-order valence-corrected chi connectivity index (χ4v) is 3.32. The van der Waals surface area contributed by atoms with Crippen molar-refractivity contribution in [2.24, 2.45) is 0 Å². The van der Waals surface area contributed by atoms with Crippen molar-refractivity contribution in [1.82, 2.24) is 10.2 Å². The first-order chi connectivity index (χ1) is 15.6. The molecular formula is C26H30N2O4. The summed E-state index contributed by atoms with van der Waals surface area (Å²) < 4.78 is 15.7. The highest BCUT2D eigenvalue weighted by molar-refractivity contribution is 5.74. The van der Waals surface area contributed by atoms with Crippen LogP contribution in [0.2, 0.25) is 0 Å². The Morgan fingerprint density at radius 1 is 0.656 bits per heavy atom. The van der Waals surface area contributed by atoms with Crippen molar-refractivity contribution in [2.75, 3.05) is 27.9 Å². The summed E-state index contributed by atoms with van der Waals surface area (Å²) in [4.78, 5) is 14.8. The van der Waals surface area contributed by atoms with Crippen LogP contribution in [-0.2, 0) is 19.5 Å². The van der Waals surface area contributed by atoms with Gasteiger partial charge in [0, 0.05) is 19.6 Å². The Morgan fingerprint density at radius 3 is 1.41 bits per heavy atom. The summed E-state index contributed by atoms with van der Waals surface area (Å²) in [7, 11) is 4.93. The molecule has 3 rings (SSSR count). The minimum atomic E-state index is -0.106. The molecule has 1 N–H and O–H groups in total. The molecule has 6 nitrogen and oxygen atoms in total. The molecule has 0 aromatic heterocycles. The first-order valence-corrected chi connectivity index (χ1v) is 10.5. The Bertz CT molecular complexity index is 921. The van der Waals surface area contributed by atoms with Gasteiger partial charge in [-0.2, -0.15) is 0 Å². The van der Waals surface area contributed by atoms with E-state index >= 15 is 0 Å². The summed E-state index contributed by atoms with van der Waals surface area (Å²) in [5, 5.41) is 3.05. The molecule has 0 fully saturated rings. The molecule has 32 heavy (non-hydrogen) atoms. The van der Waals surface area contributed by atoms with Crippen LogP contribution in [0.4, 0.5) is 4.79 Å². The van der Waals surface area contributed by atoms with Gasteiger partial charge in [0.15, 0.2) is 0 Å². The molecule has 0 saturated carbocycles. The van der Waals surface area contributed by atoms with Gasteiger partial charge < -0.3 is 24.4 Å². The van der Waals surface area contributed by atoms with E-state index in [9.17, 15) is 4.79 Å². The van der Waals surface area contributed by atoms with Gasteiger partial charge in [0.1, 0.15) is 17.2 Å². The first kappa shape index (κ1) is 23.0. The lowest BCUT2D eigenvalue weighted by atomic mass is 10.1. The van der Waals surface area contributed by atoms with Crippen molar-refractivity contribution in [3.05, 3.63) is 89.5 Å². The third-order valence-corrected chi connectivity index (χ3v) is 5.20. The number of urea groups is 1. The predicted molar refractivity (Wildman–Crippen MR) is 125 cm³/mol. The zero-order valence-electron chi connectivity index (χ0n) is 18.8. The molecule has 6 heteroatoms. The smallest absolute Gasteiger partial charge is 0.318 e. The third-order valence-electron chi connectivity index (χ3n) is 5.20. The molecule has 0 radical (unpaired) electrons. The Hall–Kier alpha value is -3.67. The van der Waals surface area contributed by atoms with Crippen LogP contribution in [0.5, 0.6) is 17.2 Å². The number of benzene rings is 3. The molecule has 0 saturated heterocycles. The Kier molecular flexibility index (Phi) is 8.37. The Balaban J connectivity index is 1.65. The third kappa shape index (κ3) is 6.67. The number of hydrogen-bond donors (Lipinski definition) is 1. The van der Waals surface area contributed by atoms with Gasteiger partial charge in [-0.3, -0.25) is 0 Å². The summed E-state index contributed by atoms with van der Waals surface area (Å²) in [6, 6.07) is 23.3. The average Bonchev–Trinajstić information content (AvgIpc) is 2.85. The largest absolute Gasteiger partial charge is 0.497 e. The summed E-state index contributed by atoms with van der Waals surface area (Å²) >= 11 is 0. The number of nitrogens with one attached hydrogen (secondary N) is 1. The minimum absolute atomic E-state index is 0.106. The molecule has 0 heterocycles. The summed E-state index contributed by atoms with van der Waals surface area (Å²) in [5.41, 5.74) is 3.21. The second kappa shape index (κ2) is 11.6. The lowest BCUT2D eigenvalue weighted by Crippen LogP contribution is -2.40. The standard InChI is InChI=1S/C26H30N2O4/c1-30-23-10-4-20(5-11-23)16-17-27-26(29)28(18-21-6-12-24(31-2)13-7-21)19-22-8-14-25(32-3)15-9-22/h4-15H,16-19H2,1-3H3,(H,27,29). The van der Waals surface area contributed by atoms with Crippen LogP contribution in [0, 0.1) is 0 Å².